The maximum Gasteiger partial charge on any atom is 0.247 e. The van der Waals surface area contributed by atoms with Crippen LogP contribution in [0.2, 0.25) is 0 Å². The monoisotopic (exact) mass is 630 g/mol. The second-order valence-corrected chi connectivity index (χ2v) is 10.2. The molecule has 2 amide bonds. The normalized spacial score (nSPS) is 19.1. The summed E-state index contributed by atoms with van der Waals surface area (Å²) in [4.78, 5) is 39.1. The zero-order chi connectivity index (χ0) is 27.4. The number of ether oxygens (including phenoxy) is 2. The highest BCUT2D eigenvalue weighted by Gasteiger charge is 2.40. The average Bonchev–Trinajstić information content (AvgIpc) is 2.89. The van der Waals surface area contributed by atoms with E-state index < -0.39 is 18.2 Å². The van der Waals surface area contributed by atoms with Gasteiger partial charge in [0.1, 0.15) is 18.5 Å². The molecule has 9 nitrogen and oxygen atoms in total. The van der Waals surface area contributed by atoms with Crippen LogP contribution in [-0.2, 0) is 9.59 Å². The van der Waals surface area contributed by atoms with E-state index in [0.29, 0.717) is 51.9 Å². The SMILES string of the molecule is CCCCCCN(C(=O)CCC)[C@@H]1CC(C(=O)NCCO)=C[C@H](Oc2c(I)cc(C=O)cc2OC)[C@H]1O. The molecule has 0 saturated heterocycles. The van der Waals surface area contributed by atoms with Crippen molar-refractivity contribution in [2.24, 2.45) is 0 Å². The summed E-state index contributed by atoms with van der Waals surface area (Å²) in [6.07, 6.45) is 5.28. The van der Waals surface area contributed by atoms with Gasteiger partial charge in [0.2, 0.25) is 11.8 Å². The molecule has 1 aromatic rings. The number of unbranched alkanes of at least 4 members (excludes halogenated alkanes) is 3. The summed E-state index contributed by atoms with van der Waals surface area (Å²) in [5, 5.41) is 23.3. The zero-order valence-electron chi connectivity index (χ0n) is 21.9. The van der Waals surface area contributed by atoms with E-state index >= 15 is 0 Å². The van der Waals surface area contributed by atoms with Crippen LogP contribution in [0, 0.1) is 3.57 Å². The van der Waals surface area contributed by atoms with Gasteiger partial charge in [-0.2, -0.15) is 0 Å². The van der Waals surface area contributed by atoms with Crippen molar-refractivity contribution in [3.63, 3.8) is 0 Å². The molecule has 0 saturated carbocycles. The predicted molar refractivity (Wildman–Crippen MR) is 149 cm³/mol. The molecule has 10 heteroatoms. The Balaban J connectivity index is 2.45. The first kappa shape index (κ1) is 31.0. The lowest BCUT2D eigenvalue weighted by molar-refractivity contribution is -0.138. The number of aliphatic hydroxyl groups excluding tert-OH is 2. The third-order valence-electron chi connectivity index (χ3n) is 6.29. The number of hydrogen-bond acceptors (Lipinski definition) is 7. The molecule has 0 aliphatic heterocycles. The lowest BCUT2D eigenvalue weighted by Crippen LogP contribution is -2.55. The highest BCUT2D eigenvalue weighted by atomic mass is 127. The minimum atomic E-state index is -1.10. The molecule has 3 N–H and O–H groups in total. The van der Waals surface area contributed by atoms with Crippen molar-refractivity contribution < 1.29 is 34.1 Å². The lowest BCUT2D eigenvalue weighted by Gasteiger charge is -2.41. The third-order valence-corrected chi connectivity index (χ3v) is 7.09. The van der Waals surface area contributed by atoms with Crippen LogP contribution in [0.25, 0.3) is 0 Å². The minimum Gasteiger partial charge on any atom is -0.493 e. The van der Waals surface area contributed by atoms with Crippen molar-refractivity contribution in [2.45, 2.75) is 77.0 Å². The molecule has 0 bridgehead atoms. The number of carbonyl (C=O) groups is 3. The van der Waals surface area contributed by atoms with Gasteiger partial charge in [-0.25, -0.2) is 0 Å². The fraction of sp³-hybridized carbons (Fsp3) is 0.593. The molecule has 1 aromatic carbocycles. The number of aldehydes is 1. The molecule has 1 aliphatic carbocycles. The molecule has 0 heterocycles. The number of rotatable bonds is 15. The van der Waals surface area contributed by atoms with Gasteiger partial charge in [-0.15, -0.1) is 0 Å². The molecule has 1 aliphatic rings. The number of amides is 2. The van der Waals surface area contributed by atoms with E-state index in [4.69, 9.17) is 14.6 Å². The smallest absolute Gasteiger partial charge is 0.247 e. The topological polar surface area (TPSA) is 125 Å². The highest BCUT2D eigenvalue weighted by Crippen LogP contribution is 2.37. The van der Waals surface area contributed by atoms with Gasteiger partial charge in [0.05, 0.1) is 23.3 Å². The van der Waals surface area contributed by atoms with Crippen LogP contribution in [0.5, 0.6) is 11.5 Å². The second kappa shape index (κ2) is 15.9. The molecule has 2 rings (SSSR count). The lowest BCUT2D eigenvalue weighted by atomic mass is 9.87. The first-order chi connectivity index (χ1) is 17.8. The van der Waals surface area contributed by atoms with E-state index in [1.54, 1.807) is 23.1 Å². The third kappa shape index (κ3) is 8.68. The molecule has 0 spiro atoms. The van der Waals surface area contributed by atoms with E-state index in [9.17, 15) is 19.5 Å². The van der Waals surface area contributed by atoms with Gasteiger partial charge in [-0.1, -0.05) is 33.1 Å². The highest BCUT2D eigenvalue weighted by molar-refractivity contribution is 14.1. The van der Waals surface area contributed by atoms with Gasteiger partial charge in [0.25, 0.3) is 0 Å². The van der Waals surface area contributed by atoms with Gasteiger partial charge < -0.3 is 29.9 Å². The Hall–Kier alpha value is -2.18. The number of nitrogens with one attached hydrogen (secondary N) is 1. The number of halogens is 1. The zero-order valence-corrected chi connectivity index (χ0v) is 24.0. The van der Waals surface area contributed by atoms with E-state index in [1.165, 1.54) is 7.11 Å². The van der Waals surface area contributed by atoms with Crippen molar-refractivity contribution >= 4 is 40.7 Å². The van der Waals surface area contributed by atoms with Gasteiger partial charge in [0, 0.05) is 37.1 Å². The van der Waals surface area contributed by atoms with Crippen LogP contribution in [0.3, 0.4) is 0 Å². The fourth-order valence-electron chi connectivity index (χ4n) is 4.38. The number of carbonyl (C=O) groups excluding carboxylic acids is 3. The van der Waals surface area contributed by atoms with Crippen molar-refractivity contribution in [1.82, 2.24) is 10.2 Å². The Labute approximate surface area is 232 Å². The van der Waals surface area contributed by atoms with Crippen molar-refractivity contribution in [1.29, 1.82) is 0 Å². The Bertz CT molecular complexity index is 953. The standard InChI is InChI=1S/C27H39IN2O7/c1-4-6-7-8-11-30(24(33)9-5-2)21-15-19(27(35)29-10-12-31)16-22(25(21)34)37-26-20(28)13-18(17-32)14-23(26)36-3/h13-14,16-17,21-22,25,31,34H,4-12,15H2,1-3H3,(H,29,35)/t21-,22+,25+/m1/s1. The Morgan fingerprint density at radius 2 is 1.97 bits per heavy atom. The van der Waals surface area contributed by atoms with Crippen LogP contribution >= 0.6 is 22.6 Å². The summed E-state index contributed by atoms with van der Waals surface area (Å²) in [6.45, 7) is 4.41. The molecule has 206 valence electrons. The molecular weight excluding hydrogens is 591 g/mol. The molecular formula is C27H39IN2O7. The second-order valence-electron chi connectivity index (χ2n) is 9.07. The maximum absolute atomic E-state index is 13.2. The Morgan fingerprint density at radius 1 is 1.22 bits per heavy atom. The van der Waals surface area contributed by atoms with E-state index in [0.717, 1.165) is 25.7 Å². The van der Waals surface area contributed by atoms with Crippen molar-refractivity contribution in [3.05, 3.63) is 32.9 Å². The van der Waals surface area contributed by atoms with E-state index in [-0.39, 0.29) is 31.4 Å². The van der Waals surface area contributed by atoms with Crippen LogP contribution in [-0.4, -0.2) is 78.3 Å². The molecule has 0 unspecified atom stereocenters. The first-order valence-corrected chi connectivity index (χ1v) is 14.0. The van der Waals surface area contributed by atoms with Crippen LogP contribution < -0.4 is 14.8 Å². The number of nitrogens with zero attached hydrogens (tertiary/aromatic N) is 1. The van der Waals surface area contributed by atoms with Gasteiger partial charge in [-0.05, 0) is 53.6 Å². The van der Waals surface area contributed by atoms with Gasteiger partial charge in [-0.3, -0.25) is 14.4 Å². The molecule has 37 heavy (non-hydrogen) atoms. The predicted octanol–water partition coefficient (Wildman–Crippen LogP) is 3.24. The number of benzene rings is 1. The fourth-order valence-corrected chi connectivity index (χ4v) is 5.13. The van der Waals surface area contributed by atoms with Gasteiger partial charge >= 0.3 is 0 Å². The molecule has 0 radical (unpaired) electrons. The maximum atomic E-state index is 13.2. The summed E-state index contributed by atoms with van der Waals surface area (Å²) in [5.74, 6) is 0.202. The largest absolute Gasteiger partial charge is 0.493 e. The summed E-state index contributed by atoms with van der Waals surface area (Å²) < 4.78 is 12.3. The number of methoxy groups -OCH3 is 1. The van der Waals surface area contributed by atoms with Crippen LogP contribution in [0.1, 0.15) is 69.2 Å². The van der Waals surface area contributed by atoms with Crippen molar-refractivity contribution in [2.75, 3.05) is 26.8 Å². The summed E-state index contributed by atoms with van der Waals surface area (Å²) in [6, 6.07) is 2.52. The minimum absolute atomic E-state index is 0.0682. The van der Waals surface area contributed by atoms with Crippen LogP contribution in [0.4, 0.5) is 0 Å². The first-order valence-electron chi connectivity index (χ1n) is 12.9. The summed E-state index contributed by atoms with van der Waals surface area (Å²) >= 11 is 2.03. The number of aliphatic hydroxyl groups is 2. The van der Waals surface area contributed by atoms with Crippen LogP contribution in [0.15, 0.2) is 23.8 Å². The Morgan fingerprint density at radius 3 is 2.59 bits per heavy atom. The summed E-state index contributed by atoms with van der Waals surface area (Å²) in [5.41, 5.74) is 0.786. The molecule has 3 atom stereocenters. The van der Waals surface area contributed by atoms with E-state index in [2.05, 4.69) is 12.2 Å². The van der Waals surface area contributed by atoms with Crippen molar-refractivity contribution in [3.8, 4) is 11.5 Å². The average molecular weight is 631 g/mol. The molecule has 0 aromatic heterocycles. The van der Waals surface area contributed by atoms with E-state index in [1.807, 2.05) is 29.5 Å². The molecule has 0 fully saturated rings. The van der Waals surface area contributed by atoms with Gasteiger partial charge in [0.15, 0.2) is 11.5 Å². The quantitative estimate of drug-likeness (QED) is 0.154. The summed E-state index contributed by atoms with van der Waals surface area (Å²) in [7, 11) is 1.46. The number of hydrogen-bond donors (Lipinski definition) is 3. The Kier molecular flexibility index (Phi) is 13.4.